The molecular weight excluding hydrogens is 326 g/mol. The van der Waals surface area contributed by atoms with Gasteiger partial charge in [-0.2, -0.15) is 4.68 Å². The average Bonchev–Trinajstić information content (AvgIpc) is 3.18. The summed E-state index contributed by atoms with van der Waals surface area (Å²) in [6.07, 6.45) is 0. The fourth-order valence-corrected chi connectivity index (χ4v) is 2.86. The third kappa shape index (κ3) is 4.12. The first-order valence-electron chi connectivity index (χ1n) is 7.61. The van der Waals surface area contributed by atoms with E-state index >= 15 is 0 Å². The lowest BCUT2D eigenvalue weighted by molar-refractivity contribution is 0.194. The topological polar surface area (TPSA) is 60.5 Å². The first-order valence-corrected chi connectivity index (χ1v) is 8.49. The molecule has 6 nitrogen and oxygen atoms in total. The van der Waals surface area contributed by atoms with E-state index in [1.807, 2.05) is 60.6 Å². The van der Waals surface area contributed by atoms with Gasteiger partial charge in [0.2, 0.25) is 0 Å². The number of nitrogens with zero attached hydrogens (tertiary/aromatic N) is 3. The molecular formula is C17H19N3O3S. The van der Waals surface area contributed by atoms with Crippen LogP contribution in [0, 0.1) is 6.92 Å². The zero-order valence-corrected chi connectivity index (χ0v) is 14.5. The van der Waals surface area contributed by atoms with Gasteiger partial charge >= 0.3 is 5.76 Å². The molecule has 0 aliphatic carbocycles. The van der Waals surface area contributed by atoms with Crippen LogP contribution in [0.3, 0.4) is 0 Å². The van der Waals surface area contributed by atoms with E-state index in [-0.39, 0.29) is 0 Å². The van der Waals surface area contributed by atoms with Crippen molar-refractivity contribution in [3.63, 3.8) is 0 Å². The molecule has 3 aromatic rings. The van der Waals surface area contributed by atoms with Crippen LogP contribution in [0.15, 0.2) is 51.0 Å². The van der Waals surface area contributed by atoms with Gasteiger partial charge in [0.05, 0.1) is 4.88 Å². The lowest BCUT2D eigenvalue weighted by atomic mass is 10.2. The Hall–Kier alpha value is -2.38. The normalized spacial score (nSPS) is 11.1. The van der Waals surface area contributed by atoms with E-state index in [0.29, 0.717) is 25.7 Å². The van der Waals surface area contributed by atoms with Crippen molar-refractivity contribution in [3.8, 4) is 16.5 Å². The number of aromatic nitrogens is 2. The molecule has 0 spiro atoms. The maximum absolute atomic E-state index is 11.9. The molecule has 0 atom stereocenters. The predicted octanol–water partition coefficient (Wildman–Crippen LogP) is 2.84. The highest BCUT2D eigenvalue weighted by molar-refractivity contribution is 7.13. The number of benzene rings is 1. The van der Waals surface area contributed by atoms with Gasteiger partial charge in [-0.3, -0.25) is 4.90 Å². The monoisotopic (exact) mass is 345 g/mol. The lowest BCUT2D eigenvalue weighted by Crippen LogP contribution is -2.31. The van der Waals surface area contributed by atoms with Gasteiger partial charge in [-0.25, -0.2) is 4.79 Å². The van der Waals surface area contributed by atoms with E-state index in [0.717, 1.165) is 16.2 Å². The lowest BCUT2D eigenvalue weighted by Gasteiger charge is -2.16. The van der Waals surface area contributed by atoms with Crippen molar-refractivity contribution >= 4 is 11.3 Å². The highest BCUT2D eigenvalue weighted by atomic mass is 32.1. The quantitative estimate of drug-likeness (QED) is 0.659. The molecule has 0 bridgehead atoms. The Morgan fingerprint density at radius 1 is 1.33 bits per heavy atom. The fraction of sp³-hybridized carbons (Fsp3) is 0.294. The molecule has 0 aliphatic rings. The number of aryl methyl sites for hydroxylation is 1. The average molecular weight is 345 g/mol. The van der Waals surface area contributed by atoms with Gasteiger partial charge < -0.3 is 9.15 Å². The van der Waals surface area contributed by atoms with Crippen molar-refractivity contribution in [3.05, 3.63) is 57.9 Å². The number of hydrogen-bond donors (Lipinski definition) is 0. The van der Waals surface area contributed by atoms with Crippen molar-refractivity contribution in [1.29, 1.82) is 0 Å². The number of ether oxygens (including phenoxy) is 1. The third-order valence-electron chi connectivity index (χ3n) is 3.44. The first-order chi connectivity index (χ1) is 11.6. The molecule has 7 heteroatoms. The summed E-state index contributed by atoms with van der Waals surface area (Å²) in [4.78, 5) is 14.7. The van der Waals surface area contributed by atoms with E-state index in [4.69, 9.17) is 9.15 Å². The molecule has 24 heavy (non-hydrogen) atoms. The van der Waals surface area contributed by atoms with Crippen LogP contribution in [-0.4, -0.2) is 34.9 Å². The summed E-state index contributed by atoms with van der Waals surface area (Å²) < 4.78 is 12.2. The maximum Gasteiger partial charge on any atom is 0.438 e. The van der Waals surface area contributed by atoms with Crippen LogP contribution in [-0.2, 0) is 6.67 Å². The van der Waals surface area contributed by atoms with Gasteiger partial charge in [0.1, 0.15) is 19.0 Å². The van der Waals surface area contributed by atoms with E-state index in [1.54, 1.807) is 0 Å². The SMILES string of the molecule is Cc1cccc(OCCN(C)Cn2nc(-c3cccs3)oc2=O)c1. The van der Waals surface area contributed by atoms with Crippen LogP contribution < -0.4 is 10.5 Å². The van der Waals surface area contributed by atoms with Crippen molar-refractivity contribution < 1.29 is 9.15 Å². The maximum atomic E-state index is 11.9. The standard InChI is InChI=1S/C17H19N3O3S/c1-13-5-3-6-14(11-13)22-9-8-19(2)12-20-17(21)23-16(18-20)15-7-4-10-24-15/h3-7,10-11H,8-9,12H2,1-2H3. The van der Waals surface area contributed by atoms with Crippen LogP contribution in [0.4, 0.5) is 0 Å². The number of likely N-dealkylation sites (N-methyl/N-ethyl adjacent to an activating group) is 1. The van der Waals surface area contributed by atoms with Crippen LogP contribution in [0.1, 0.15) is 5.56 Å². The van der Waals surface area contributed by atoms with Crippen molar-refractivity contribution in [2.45, 2.75) is 13.6 Å². The summed E-state index contributed by atoms with van der Waals surface area (Å²) >= 11 is 1.49. The number of rotatable bonds is 7. The Morgan fingerprint density at radius 3 is 2.96 bits per heavy atom. The van der Waals surface area contributed by atoms with Gasteiger partial charge in [0, 0.05) is 6.54 Å². The largest absolute Gasteiger partial charge is 0.492 e. The van der Waals surface area contributed by atoms with Gasteiger partial charge in [-0.15, -0.1) is 16.4 Å². The second kappa shape index (κ2) is 7.46. The zero-order valence-electron chi connectivity index (χ0n) is 13.6. The smallest absolute Gasteiger partial charge is 0.438 e. The third-order valence-corrected chi connectivity index (χ3v) is 4.30. The van der Waals surface area contributed by atoms with E-state index in [1.165, 1.54) is 16.0 Å². The predicted molar refractivity (Wildman–Crippen MR) is 93.4 cm³/mol. The van der Waals surface area contributed by atoms with Crippen molar-refractivity contribution in [2.24, 2.45) is 0 Å². The molecule has 0 aliphatic heterocycles. The van der Waals surface area contributed by atoms with Crippen LogP contribution in [0.2, 0.25) is 0 Å². The summed E-state index contributed by atoms with van der Waals surface area (Å²) in [5, 5.41) is 6.16. The van der Waals surface area contributed by atoms with Crippen LogP contribution in [0.5, 0.6) is 5.75 Å². The fourth-order valence-electron chi connectivity index (χ4n) is 2.22. The minimum Gasteiger partial charge on any atom is -0.492 e. The molecule has 0 saturated heterocycles. The number of hydrogen-bond acceptors (Lipinski definition) is 6. The van der Waals surface area contributed by atoms with Gasteiger partial charge in [0.15, 0.2) is 0 Å². The Morgan fingerprint density at radius 2 is 2.21 bits per heavy atom. The summed E-state index contributed by atoms with van der Waals surface area (Å²) in [5.74, 6) is 0.756. The highest BCUT2D eigenvalue weighted by Gasteiger charge is 2.12. The molecule has 3 rings (SSSR count). The molecule has 0 radical (unpaired) electrons. The summed E-state index contributed by atoms with van der Waals surface area (Å²) in [5.41, 5.74) is 1.16. The van der Waals surface area contributed by atoms with Crippen molar-refractivity contribution in [2.75, 3.05) is 20.2 Å². The molecule has 0 amide bonds. The Balaban J connectivity index is 1.53. The minimum absolute atomic E-state index is 0.352. The van der Waals surface area contributed by atoms with Crippen LogP contribution >= 0.6 is 11.3 Å². The van der Waals surface area contributed by atoms with Gasteiger partial charge in [-0.05, 0) is 43.1 Å². The zero-order chi connectivity index (χ0) is 16.9. The molecule has 126 valence electrons. The molecule has 0 unspecified atom stereocenters. The number of thiophene rings is 1. The Bertz CT molecular complexity index is 839. The minimum atomic E-state index is -0.454. The van der Waals surface area contributed by atoms with E-state index < -0.39 is 5.76 Å². The molecule has 1 aromatic carbocycles. The second-order valence-electron chi connectivity index (χ2n) is 5.54. The summed E-state index contributed by atoms with van der Waals surface area (Å²) in [7, 11) is 1.91. The summed E-state index contributed by atoms with van der Waals surface area (Å²) in [6, 6.07) is 11.7. The highest BCUT2D eigenvalue weighted by Crippen LogP contribution is 2.21. The van der Waals surface area contributed by atoms with E-state index in [2.05, 4.69) is 5.10 Å². The summed E-state index contributed by atoms with van der Waals surface area (Å²) in [6.45, 7) is 3.58. The molecule has 0 N–H and O–H groups in total. The van der Waals surface area contributed by atoms with Gasteiger partial charge in [0.25, 0.3) is 5.89 Å². The molecule has 0 fully saturated rings. The Kier molecular flexibility index (Phi) is 5.12. The van der Waals surface area contributed by atoms with Gasteiger partial charge in [-0.1, -0.05) is 18.2 Å². The molecule has 2 heterocycles. The Labute approximate surface area is 143 Å². The first kappa shape index (κ1) is 16.5. The van der Waals surface area contributed by atoms with Crippen molar-refractivity contribution in [1.82, 2.24) is 14.7 Å². The van der Waals surface area contributed by atoms with Crippen LogP contribution in [0.25, 0.3) is 10.8 Å². The molecule has 2 aromatic heterocycles. The molecule has 0 saturated carbocycles. The van der Waals surface area contributed by atoms with E-state index in [9.17, 15) is 4.79 Å². The second-order valence-corrected chi connectivity index (χ2v) is 6.48.